The Labute approximate surface area is 201 Å². The highest BCUT2D eigenvalue weighted by Crippen LogP contribution is 2.35. The molecule has 34 heavy (non-hydrogen) atoms. The zero-order valence-electron chi connectivity index (χ0n) is 20.5. The number of carbonyl (C=O) groups is 4. The molecule has 1 heterocycles. The smallest absolute Gasteiger partial charge is 0.242 e. The second-order valence-electron chi connectivity index (χ2n) is 9.10. The summed E-state index contributed by atoms with van der Waals surface area (Å²) in [7, 11) is 1.57. The number of benzene rings is 1. The van der Waals surface area contributed by atoms with Crippen molar-refractivity contribution < 1.29 is 23.9 Å². The largest absolute Gasteiger partial charge is 0.497 e. The first kappa shape index (κ1) is 25.5. The zero-order chi connectivity index (χ0) is 24.8. The van der Waals surface area contributed by atoms with Crippen molar-refractivity contribution >= 4 is 23.6 Å². The molecule has 2 aliphatic rings. The van der Waals surface area contributed by atoms with Gasteiger partial charge in [0.2, 0.25) is 23.6 Å². The summed E-state index contributed by atoms with van der Waals surface area (Å²) < 4.78 is 5.29. The maximum absolute atomic E-state index is 13.3. The minimum absolute atomic E-state index is 0.0134. The Balaban J connectivity index is 1.73. The Hall–Kier alpha value is -3.16. The maximum atomic E-state index is 13.3. The molecule has 0 unspecified atom stereocenters. The topological polar surface area (TPSA) is 96.0 Å². The van der Waals surface area contributed by atoms with Gasteiger partial charge in [-0.25, -0.2) is 0 Å². The Morgan fingerprint density at radius 2 is 1.79 bits per heavy atom. The first-order valence-corrected chi connectivity index (χ1v) is 12.0. The molecule has 3 rings (SSSR count). The minimum Gasteiger partial charge on any atom is -0.497 e. The molecule has 4 amide bonds. The molecule has 184 valence electrons. The maximum Gasteiger partial charge on any atom is 0.242 e. The van der Waals surface area contributed by atoms with E-state index in [-0.39, 0.29) is 61.0 Å². The van der Waals surface area contributed by atoms with Gasteiger partial charge in [-0.15, -0.1) is 0 Å². The van der Waals surface area contributed by atoms with Crippen LogP contribution in [0.3, 0.4) is 0 Å². The van der Waals surface area contributed by atoms with Gasteiger partial charge in [0, 0.05) is 25.6 Å². The van der Waals surface area contributed by atoms with E-state index in [0.29, 0.717) is 18.6 Å². The van der Waals surface area contributed by atoms with Crippen LogP contribution in [0, 0.1) is 11.8 Å². The van der Waals surface area contributed by atoms with Gasteiger partial charge in [0.25, 0.3) is 0 Å². The van der Waals surface area contributed by atoms with Crippen molar-refractivity contribution in [3.05, 3.63) is 42.0 Å². The van der Waals surface area contributed by atoms with Crippen LogP contribution in [0.25, 0.3) is 0 Å². The normalized spacial score (nSPS) is 21.1. The molecular weight excluding hydrogens is 434 g/mol. The molecule has 8 nitrogen and oxygen atoms in total. The number of methoxy groups -OCH3 is 1. The molecule has 0 radical (unpaired) electrons. The number of rotatable bonds is 10. The van der Waals surface area contributed by atoms with Crippen LogP contribution >= 0.6 is 0 Å². The van der Waals surface area contributed by atoms with E-state index in [2.05, 4.69) is 5.32 Å². The number of fused-ring (bicyclic) bond motifs is 1. The third-order valence-corrected chi connectivity index (χ3v) is 6.80. The zero-order valence-corrected chi connectivity index (χ0v) is 20.5. The van der Waals surface area contributed by atoms with Gasteiger partial charge < -0.3 is 15.0 Å². The van der Waals surface area contributed by atoms with Crippen molar-refractivity contribution in [2.45, 2.75) is 65.1 Å². The van der Waals surface area contributed by atoms with E-state index in [4.69, 9.17) is 4.74 Å². The van der Waals surface area contributed by atoms with E-state index < -0.39 is 6.04 Å². The molecule has 4 atom stereocenters. The number of hydrogen-bond acceptors (Lipinski definition) is 5. The lowest BCUT2D eigenvalue weighted by molar-refractivity contribution is -0.143. The Kier molecular flexibility index (Phi) is 8.47. The summed E-state index contributed by atoms with van der Waals surface area (Å²) in [6.07, 6.45) is 5.75. The first-order chi connectivity index (χ1) is 16.3. The quantitative estimate of drug-likeness (QED) is 0.420. The third-order valence-electron chi connectivity index (χ3n) is 6.80. The number of likely N-dealkylation sites (tertiary alicyclic amines) is 1. The fraction of sp³-hybridized carbons (Fsp3) is 0.538. The molecule has 1 aliphatic heterocycles. The molecule has 1 aromatic rings. The van der Waals surface area contributed by atoms with Crippen LogP contribution in [0.2, 0.25) is 0 Å². The molecule has 1 aliphatic carbocycles. The van der Waals surface area contributed by atoms with Crippen LogP contribution in [0.5, 0.6) is 5.75 Å². The van der Waals surface area contributed by atoms with Gasteiger partial charge in [-0.2, -0.15) is 0 Å². The van der Waals surface area contributed by atoms with Crippen molar-refractivity contribution in [1.82, 2.24) is 15.1 Å². The second-order valence-corrected chi connectivity index (χ2v) is 9.10. The van der Waals surface area contributed by atoms with Gasteiger partial charge in [0.05, 0.1) is 18.9 Å². The summed E-state index contributed by atoms with van der Waals surface area (Å²) in [4.78, 5) is 54.4. The van der Waals surface area contributed by atoms with Crippen LogP contribution in [0.15, 0.2) is 36.4 Å². The van der Waals surface area contributed by atoms with Crippen LogP contribution in [0.4, 0.5) is 0 Å². The monoisotopic (exact) mass is 469 g/mol. The summed E-state index contributed by atoms with van der Waals surface area (Å²) >= 11 is 0. The number of nitrogens with zero attached hydrogens (tertiary/aromatic N) is 2. The second kappa shape index (κ2) is 11.3. The van der Waals surface area contributed by atoms with Crippen molar-refractivity contribution in [2.75, 3.05) is 13.7 Å². The van der Waals surface area contributed by atoms with Crippen molar-refractivity contribution in [3.63, 3.8) is 0 Å². The van der Waals surface area contributed by atoms with Crippen LogP contribution in [-0.4, -0.2) is 59.2 Å². The van der Waals surface area contributed by atoms with E-state index in [1.165, 1.54) is 9.80 Å². The average Bonchev–Trinajstić information content (AvgIpc) is 3.10. The molecule has 0 bridgehead atoms. The van der Waals surface area contributed by atoms with Gasteiger partial charge in [0.15, 0.2) is 0 Å². The van der Waals surface area contributed by atoms with E-state index in [9.17, 15) is 19.2 Å². The Morgan fingerprint density at radius 1 is 1.15 bits per heavy atom. The lowest BCUT2D eigenvalue weighted by atomic mass is 9.85. The van der Waals surface area contributed by atoms with Gasteiger partial charge >= 0.3 is 0 Å². The standard InChI is InChI=1S/C26H35N3O5/c1-5-17(2)27-24(31)18(3)29(16-19-9-8-10-20(15-19)34-4)23(30)13-14-28-25(32)21-11-6-7-12-22(21)26(28)33/h6-10,15,17-18,21-22H,5,11-14,16H2,1-4H3,(H,27,31)/t17-,18+,21-,22+/m1/s1. The van der Waals surface area contributed by atoms with E-state index in [1.54, 1.807) is 14.0 Å². The third kappa shape index (κ3) is 5.66. The number of hydrogen-bond donors (Lipinski definition) is 1. The molecule has 1 N–H and O–H groups in total. The highest BCUT2D eigenvalue weighted by molar-refractivity contribution is 6.05. The number of carbonyl (C=O) groups excluding carboxylic acids is 4. The molecule has 0 spiro atoms. The van der Waals surface area contributed by atoms with Crippen molar-refractivity contribution in [3.8, 4) is 5.75 Å². The summed E-state index contributed by atoms with van der Waals surface area (Å²) in [6.45, 7) is 5.83. The number of amides is 4. The van der Waals surface area contributed by atoms with Crippen molar-refractivity contribution in [2.24, 2.45) is 11.8 Å². The van der Waals surface area contributed by atoms with Crippen LogP contribution in [-0.2, 0) is 25.7 Å². The predicted molar refractivity (Wildman–Crippen MR) is 128 cm³/mol. The molecule has 8 heteroatoms. The fourth-order valence-corrected chi connectivity index (χ4v) is 4.46. The molecular formula is C26H35N3O5. The summed E-state index contributed by atoms with van der Waals surface area (Å²) in [5, 5.41) is 2.93. The van der Waals surface area contributed by atoms with Crippen LogP contribution in [0.1, 0.15) is 52.0 Å². The molecule has 0 saturated carbocycles. The van der Waals surface area contributed by atoms with Gasteiger partial charge in [-0.1, -0.05) is 31.2 Å². The number of nitrogens with one attached hydrogen (secondary N) is 1. The molecule has 1 saturated heterocycles. The van der Waals surface area contributed by atoms with Crippen molar-refractivity contribution in [1.29, 1.82) is 0 Å². The number of imide groups is 1. The van der Waals surface area contributed by atoms with Crippen LogP contribution < -0.4 is 10.1 Å². The van der Waals surface area contributed by atoms with Gasteiger partial charge in [-0.3, -0.25) is 24.1 Å². The lowest BCUT2D eigenvalue weighted by Gasteiger charge is -2.30. The number of ether oxygens (including phenoxy) is 1. The van der Waals surface area contributed by atoms with E-state index in [0.717, 1.165) is 12.0 Å². The lowest BCUT2D eigenvalue weighted by Crippen LogP contribution is -2.50. The minimum atomic E-state index is -0.718. The van der Waals surface area contributed by atoms with E-state index in [1.807, 2.05) is 50.3 Å². The Bertz CT molecular complexity index is 934. The highest BCUT2D eigenvalue weighted by Gasteiger charge is 2.47. The number of allylic oxidation sites excluding steroid dienone is 2. The van der Waals surface area contributed by atoms with Gasteiger partial charge in [0.1, 0.15) is 11.8 Å². The highest BCUT2D eigenvalue weighted by atomic mass is 16.5. The van der Waals surface area contributed by atoms with E-state index >= 15 is 0 Å². The summed E-state index contributed by atoms with van der Waals surface area (Å²) in [5.74, 6) is -0.908. The summed E-state index contributed by atoms with van der Waals surface area (Å²) in [6, 6.07) is 6.61. The fourth-order valence-electron chi connectivity index (χ4n) is 4.46. The summed E-state index contributed by atoms with van der Waals surface area (Å²) in [5.41, 5.74) is 0.821. The SMILES string of the molecule is CC[C@@H](C)NC(=O)[C@H](C)N(Cc1cccc(OC)c1)C(=O)CCN1C(=O)[C@H]2CC=CC[C@H]2C1=O. The van der Waals surface area contributed by atoms with Gasteiger partial charge in [-0.05, 0) is 50.8 Å². The molecule has 1 fully saturated rings. The first-order valence-electron chi connectivity index (χ1n) is 12.0. The average molecular weight is 470 g/mol. The molecule has 0 aromatic heterocycles. The predicted octanol–water partition coefficient (Wildman–Crippen LogP) is 2.67. The Morgan fingerprint density at radius 3 is 2.38 bits per heavy atom. The molecule has 1 aromatic carbocycles.